The third kappa shape index (κ3) is 8.06. The van der Waals surface area contributed by atoms with Crippen LogP contribution in [0.1, 0.15) is 6.92 Å². The fourth-order valence-corrected chi connectivity index (χ4v) is 1.72. The van der Waals surface area contributed by atoms with Crippen molar-refractivity contribution in [2.24, 2.45) is 0 Å². The quantitative estimate of drug-likeness (QED) is 0.323. The van der Waals surface area contributed by atoms with Gasteiger partial charge in [-0.2, -0.15) is 21.6 Å². The second-order valence-corrected chi connectivity index (χ2v) is 5.41. The Morgan fingerprint density at radius 2 is 1.84 bits per heavy atom. The highest BCUT2D eigenvalue weighted by molar-refractivity contribution is 7.86. The molecule has 0 aliphatic rings. The van der Waals surface area contributed by atoms with Gasteiger partial charge < -0.3 is 4.74 Å². The molecule has 0 aliphatic carbocycles. The number of ether oxygens (including phenoxy) is 1. The van der Waals surface area contributed by atoms with E-state index in [4.69, 9.17) is 4.89 Å². The molecule has 0 amide bonds. The molecule has 0 saturated carbocycles. The molecule has 0 bridgehead atoms. The first-order valence-corrected chi connectivity index (χ1v) is 7.26. The summed E-state index contributed by atoms with van der Waals surface area (Å²) in [4.78, 5) is 18.9. The molecule has 0 saturated heterocycles. The molecule has 0 aromatic carbocycles. The summed E-state index contributed by atoms with van der Waals surface area (Å²) in [7, 11) is -7.61. The molecule has 8 nitrogen and oxygen atoms in total. The molecule has 0 rings (SSSR count). The van der Waals surface area contributed by atoms with Crippen LogP contribution in [0.4, 0.5) is 13.2 Å². The molecule has 3 unspecified atom stereocenters. The smallest absolute Gasteiger partial charge is 0.450 e. The maximum absolute atomic E-state index is 11.9. The van der Waals surface area contributed by atoms with Crippen molar-refractivity contribution in [3.63, 3.8) is 0 Å². The molecule has 112 valence electrons. The number of halogens is 3. The van der Waals surface area contributed by atoms with E-state index in [2.05, 4.69) is 13.4 Å². The molecule has 0 aromatic heterocycles. The Labute approximate surface area is 106 Å². The topological polar surface area (TPSA) is 116 Å². The first kappa shape index (κ1) is 18.2. The molecule has 0 spiro atoms. The predicted octanol–water partition coefficient (Wildman–Crippen LogP) is 0.449. The summed E-state index contributed by atoms with van der Waals surface area (Å²) in [5.74, 6) is -2.63. The summed E-state index contributed by atoms with van der Waals surface area (Å²) >= 11 is 0. The first-order chi connectivity index (χ1) is 8.33. The van der Waals surface area contributed by atoms with Crippen LogP contribution >= 0.6 is 8.25 Å². The minimum absolute atomic E-state index is 0.520. The standard InChI is InChI=1S/C6H8F3O8PS/c1-3(15-5(10)6(7,8)9)4(16-18(11)12)17-19(2,13)14/h3-4H,1-2H3/p+1. The van der Waals surface area contributed by atoms with Crippen LogP contribution in [0.5, 0.6) is 0 Å². The molecule has 0 radical (unpaired) electrons. The van der Waals surface area contributed by atoms with E-state index in [1.807, 2.05) is 0 Å². The average molecular weight is 329 g/mol. The van der Waals surface area contributed by atoms with Gasteiger partial charge in [0.1, 0.15) is 0 Å². The lowest BCUT2D eigenvalue weighted by atomic mass is 10.4. The van der Waals surface area contributed by atoms with Crippen LogP contribution in [0.15, 0.2) is 0 Å². The molecule has 0 heterocycles. The van der Waals surface area contributed by atoms with Crippen molar-refractivity contribution in [2.75, 3.05) is 6.26 Å². The van der Waals surface area contributed by atoms with E-state index in [9.17, 15) is 30.9 Å². The minimum Gasteiger partial charge on any atom is -0.450 e. The highest BCUT2D eigenvalue weighted by atomic mass is 32.2. The molecule has 1 N–H and O–H groups in total. The Bertz CT molecular complexity index is 446. The molecular weight excluding hydrogens is 320 g/mol. The molecule has 0 aromatic rings. The van der Waals surface area contributed by atoms with Crippen LogP contribution < -0.4 is 0 Å². The summed E-state index contributed by atoms with van der Waals surface area (Å²) in [6.45, 7) is 0.790. The fourth-order valence-electron chi connectivity index (χ4n) is 0.734. The van der Waals surface area contributed by atoms with Gasteiger partial charge >= 0.3 is 20.4 Å². The Hall–Kier alpha value is -0.810. The number of carbonyl (C=O) groups is 1. The molecule has 0 aliphatic heterocycles. The third-order valence-corrected chi connectivity index (χ3v) is 2.30. The van der Waals surface area contributed by atoms with Crippen LogP contribution in [-0.2, 0) is 32.9 Å². The number of hydrogen-bond donors (Lipinski definition) is 1. The summed E-state index contributed by atoms with van der Waals surface area (Å²) in [5.41, 5.74) is 0. The van der Waals surface area contributed by atoms with Crippen LogP contribution in [0.25, 0.3) is 0 Å². The Morgan fingerprint density at radius 3 is 2.16 bits per heavy atom. The van der Waals surface area contributed by atoms with Gasteiger partial charge in [-0.1, -0.05) is 4.52 Å². The zero-order chi connectivity index (χ0) is 15.4. The zero-order valence-corrected chi connectivity index (χ0v) is 11.2. The van der Waals surface area contributed by atoms with Gasteiger partial charge in [-0.3, -0.25) is 0 Å². The van der Waals surface area contributed by atoms with E-state index in [0.29, 0.717) is 6.26 Å². The van der Waals surface area contributed by atoms with Crippen LogP contribution in [0, 0.1) is 0 Å². The number of carbonyl (C=O) groups excluding carboxylic acids is 1. The summed E-state index contributed by atoms with van der Waals surface area (Å²) in [5, 5.41) is 0. The van der Waals surface area contributed by atoms with Crippen molar-refractivity contribution in [1.82, 2.24) is 0 Å². The summed E-state index contributed by atoms with van der Waals surface area (Å²) < 4.78 is 79.5. The SMILES string of the molecule is CC(OC(=O)C(F)(F)F)C(O[P+](=O)O)OS(C)(=O)=O. The number of rotatable bonds is 6. The monoisotopic (exact) mass is 329 g/mol. The van der Waals surface area contributed by atoms with Crippen molar-refractivity contribution in [1.29, 1.82) is 0 Å². The van der Waals surface area contributed by atoms with E-state index in [0.717, 1.165) is 6.92 Å². The van der Waals surface area contributed by atoms with Crippen molar-refractivity contribution < 1.29 is 49.3 Å². The number of alkyl halides is 3. The van der Waals surface area contributed by atoms with Crippen LogP contribution in [0.2, 0.25) is 0 Å². The van der Waals surface area contributed by atoms with E-state index in [1.165, 1.54) is 0 Å². The zero-order valence-electron chi connectivity index (χ0n) is 9.45. The first-order valence-electron chi connectivity index (χ1n) is 4.32. The summed E-state index contributed by atoms with van der Waals surface area (Å²) in [6.07, 6.45) is -8.87. The molecular formula is C6H9F3O8PS+. The number of hydrogen-bond acceptors (Lipinski definition) is 7. The van der Waals surface area contributed by atoms with Gasteiger partial charge in [-0.05, 0) is 6.92 Å². The van der Waals surface area contributed by atoms with E-state index in [-0.39, 0.29) is 0 Å². The summed E-state index contributed by atoms with van der Waals surface area (Å²) in [6, 6.07) is 0. The highest BCUT2D eigenvalue weighted by Crippen LogP contribution is 2.25. The lowest BCUT2D eigenvalue weighted by Gasteiger charge is -2.18. The maximum Gasteiger partial charge on any atom is 0.697 e. The lowest BCUT2D eigenvalue weighted by Crippen LogP contribution is -2.37. The Morgan fingerprint density at radius 1 is 1.37 bits per heavy atom. The molecule has 0 fully saturated rings. The Kier molecular flexibility index (Phi) is 6.29. The van der Waals surface area contributed by atoms with Crippen molar-refractivity contribution in [3.8, 4) is 0 Å². The highest BCUT2D eigenvalue weighted by Gasteiger charge is 2.44. The second kappa shape index (κ2) is 6.57. The van der Waals surface area contributed by atoms with Gasteiger partial charge in [0.05, 0.1) is 6.26 Å². The second-order valence-electron chi connectivity index (χ2n) is 3.12. The van der Waals surface area contributed by atoms with Crippen LogP contribution in [0.3, 0.4) is 0 Å². The van der Waals surface area contributed by atoms with Crippen molar-refractivity contribution >= 4 is 24.3 Å². The van der Waals surface area contributed by atoms with Gasteiger partial charge in [0.15, 0.2) is 6.10 Å². The van der Waals surface area contributed by atoms with Gasteiger partial charge in [0, 0.05) is 4.57 Å². The van der Waals surface area contributed by atoms with Gasteiger partial charge in [0.2, 0.25) is 0 Å². The van der Waals surface area contributed by atoms with Gasteiger partial charge in [-0.15, -0.1) is 4.89 Å². The minimum atomic E-state index is -5.31. The lowest BCUT2D eigenvalue weighted by molar-refractivity contribution is -0.213. The van der Waals surface area contributed by atoms with Gasteiger partial charge in [-0.25, -0.2) is 8.98 Å². The molecule has 19 heavy (non-hydrogen) atoms. The molecule has 13 heteroatoms. The van der Waals surface area contributed by atoms with Crippen LogP contribution in [-0.4, -0.2) is 44.1 Å². The average Bonchev–Trinajstić information content (AvgIpc) is 2.11. The normalized spacial score (nSPS) is 16.6. The largest absolute Gasteiger partial charge is 0.697 e. The predicted molar refractivity (Wildman–Crippen MR) is 52.2 cm³/mol. The van der Waals surface area contributed by atoms with E-state index in [1.54, 1.807) is 0 Å². The Balaban J connectivity index is 4.86. The van der Waals surface area contributed by atoms with Crippen molar-refractivity contribution in [3.05, 3.63) is 0 Å². The third-order valence-electron chi connectivity index (χ3n) is 1.37. The van der Waals surface area contributed by atoms with E-state index >= 15 is 0 Å². The van der Waals surface area contributed by atoms with Crippen molar-refractivity contribution in [2.45, 2.75) is 25.5 Å². The molecule has 3 atom stereocenters. The number of esters is 1. The van der Waals surface area contributed by atoms with Gasteiger partial charge in [0.25, 0.3) is 16.4 Å². The maximum atomic E-state index is 11.9. The fraction of sp³-hybridized carbons (Fsp3) is 0.833. The van der Waals surface area contributed by atoms with E-state index < -0.39 is 42.9 Å².